The van der Waals surface area contributed by atoms with Crippen molar-refractivity contribution in [2.45, 2.75) is 20.4 Å². The van der Waals surface area contributed by atoms with Crippen molar-refractivity contribution in [2.24, 2.45) is 0 Å². The van der Waals surface area contributed by atoms with Crippen molar-refractivity contribution >= 4 is 11.5 Å². The van der Waals surface area contributed by atoms with Crippen molar-refractivity contribution in [3.63, 3.8) is 0 Å². The van der Waals surface area contributed by atoms with E-state index in [0.29, 0.717) is 19.7 Å². The molecule has 5 heteroatoms. The van der Waals surface area contributed by atoms with Crippen LogP contribution in [0.1, 0.15) is 19.4 Å². The van der Waals surface area contributed by atoms with E-state index in [-0.39, 0.29) is 5.91 Å². The standard InChI is InChI=1S/C20H27N3O2/c1-7-9-18(17-13-22-23(14-17)10-11-25-6)20(15(3)4)16(5)12-21-19(24)8-2/h7-9,13-14H,1-2,5,10-12H2,3-4,6H3,(H,21,24)/b18-9-. The van der Waals surface area contributed by atoms with Crippen molar-refractivity contribution in [3.8, 4) is 0 Å². The Morgan fingerprint density at radius 3 is 2.68 bits per heavy atom. The first-order valence-electron chi connectivity index (χ1n) is 8.05. The van der Waals surface area contributed by atoms with Crippen molar-refractivity contribution < 1.29 is 9.53 Å². The molecule has 0 atom stereocenters. The van der Waals surface area contributed by atoms with Crippen LogP contribution < -0.4 is 5.32 Å². The van der Waals surface area contributed by atoms with Crippen molar-refractivity contribution in [3.05, 3.63) is 72.6 Å². The minimum absolute atomic E-state index is 0.226. The van der Waals surface area contributed by atoms with E-state index >= 15 is 0 Å². The van der Waals surface area contributed by atoms with Crippen LogP contribution in [0.2, 0.25) is 0 Å². The van der Waals surface area contributed by atoms with Gasteiger partial charge in [0.1, 0.15) is 0 Å². The lowest BCUT2D eigenvalue weighted by atomic mass is 9.90. The minimum atomic E-state index is -0.226. The molecule has 1 aromatic rings. The molecule has 1 heterocycles. The molecule has 0 aliphatic carbocycles. The summed E-state index contributed by atoms with van der Waals surface area (Å²) in [5.41, 5.74) is 4.82. The lowest BCUT2D eigenvalue weighted by molar-refractivity contribution is -0.116. The fourth-order valence-electron chi connectivity index (χ4n) is 2.42. The van der Waals surface area contributed by atoms with Crippen LogP contribution >= 0.6 is 0 Å². The molecule has 1 N–H and O–H groups in total. The Labute approximate surface area is 150 Å². The van der Waals surface area contributed by atoms with Crippen LogP contribution in [0.15, 0.2) is 67.1 Å². The van der Waals surface area contributed by atoms with Gasteiger partial charge in [-0.1, -0.05) is 37.5 Å². The Kier molecular flexibility index (Phi) is 8.36. The zero-order valence-corrected chi connectivity index (χ0v) is 15.3. The molecule has 134 valence electrons. The second kappa shape index (κ2) is 10.3. The van der Waals surface area contributed by atoms with E-state index in [9.17, 15) is 4.79 Å². The Morgan fingerprint density at radius 2 is 2.12 bits per heavy atom. The topological polar surface area (TPSA) is 56.2 Å². The fraction of sp³-hybridized carbons (Fsp3) is 0.300. The van der Waals surface area contributed by atoms with E-state index in [1.165, 1.54) is 6.08 Å². The number of allylic oxidation sites excluding steroid dienone is 4. The van der Waals surface area contributed by atoms with Gasteiger partial charge in [0, 0.05) is 25.4 Å². The number of hydrogen-bond donors (Lipinski definition) is 1. The fourth-order valence-corrected chi connectivity index (χ4v) is 2.42. The predicted octanol–water partition coefficient (Wildman–Crippen LogP) is 3.29. The summed E-state index contributed by atoms with van der Waals surface area (Å²) in [6.45, 7) is 17.1. The summed E-state index contributed by atoms with van der Waals surface area (Å²) in [7, 11) is 1.66. The van der Waals surface area contributed by atoms with Gasteiger partial charge >= 0.3 is 0 Å². The third kappa shape index (κ3) is 6.04. The van der Waals surface area contributed by atoms with Crippen LogP contribution in [0.25, 0.3) is 5.57 Å². The third-order valence-corrected chi connectivity index (χ3v) is 3.54. The lowest BCUT2D eigenvalue weighted by Gasteiger charge is -2.16. The molecule has 1 rings (SSSR count). The number of nitrogens with zero attached hydrogens (tertiary/aromatic N) is 2. The molecular weight excluding hydrogens is 314 g/mol. The van der Waals surface area contributed by atoms with Crippen LogP contribution in [0.5, 0.6) is 0 Å². The van der Waals surface area contributed by atoms with Gasteiger partial charge in [-0.2, -0.15) is 5.10 Å². The molecule has 5 nitrogen and oxygen atoms in total. The van der Waals surface area contributed by atoms with Crippen LogP contribution in [0, 0.1) is 0 Å². The smallest absolute Gasteiger partial charge is 0.243 e. The molecular formula is C20H27N3O2. The van der Waals surface area contributed by atoms with Crippen LogP contribution in [-0.4, -0.2) is 35.9 Å². The molecule has 0 unspecified atom stereocenters. The number of aromatic nitrogens is 2. The average molecular weight is 341 g/mol. The van der Waals surface area contributed by atoms with Crippen LogP contribution in [-0.2, 0) is 16.1 Å². The number of carbonyl (C=O) groups excluding carboxylic acids is 1. The predicted molar refractivity (Wildman–Crippen MR) is 103 cm³/mol. The molecule has 0 aromatic carbocycles. The maximum Gasteiger partial charge on any atom is 0.243 e. The number of ether oxygens (including phenoxy) is 1. The third-order valence-electron chi connectivity index (χ3n) is 3.54. The number of methoxy groups -OCH3 is 1. The highest BCUT2D eigenvalue weighted by Gasteiger charge is 2.15. The molecule has 0 fully saturated rings. The van der Waals surface area contributed by atoms with Crippen molar-refractivity contribution in [1.82, 2.24) is 15.1 Å². The second-order valence-electron chi connectivity index (χ2n) is 5.70. The van der Waals surface area contributed by atoms with Gasteiger partial charge in [0.25, 0.3) is 0 Å². The van der Waals surface area contributed by atoms with Crippen molar-refractivity contribution in [2.75, 3.05) is 20.3 Å². The lowest BCUT2D eigenvalue weighted by Crippen LogP contribution is -2.23. The summed E-state index contributed by atoms with van der Waals surface area (Å²) < 4.78 is 6.92. The highest BCUT2D eigenvalue weighted by Crippen LogP contribution is 2.30. The largest absolute Gasteiger partial charge is 0.383 e. The highest BCUT2D eigenvalue weighted by atomic mass is 16.5. The Balaban J connectivity index is 3.13. The zero-order chi connectivity index (χ0) is 18.8. The molecule has 0 radical (unpaired) electrons. The summed E-state index contributed by atoms with van der Waals surface area (Å²) in [5.74, 6) is -0.226. The second-order valence-corrected chi connectivity index (χ2v) is 5.70. The van der Waals surface area contributed by atoms with Crippen LogP contribution in [0.3, 0.4) is 0 Å². The number of carbonyl (C=O) groups is 1. The van der Waals surface area contributed by atoms with Gasteiger partial charge in [-0.05, 0) is 36.6 Å². The van der Waals surface area contributed by atoms with E-state index in [1.807, 2.05) is 37.0 Å². The molecule has 1 amide bonds. The number of hydrogen-bond acceptors (Lipinski definition) is 3. The van der Waals surface area contributed by atoms with E-state index in [0.717, 1.165) is 27.9 Å². The quantitative estimate of drug-likeness (QED) is 0.525. The van der Waals surface area contributed by atoms with Crippen molar-refractivity contribution in [1.29, 1.82) is 0 Å². The first-order valence-corrected chi connectivity index (χ1v) is 8.05. The van der Waals surface area contributed by atoms with Gasteiger partial charge < -0.3 is 10.1 Å². The SMILES string of the molecule is C=C/C=C(\C(C(=C)CNC(=O)C=C)=C(C)C)c1cnn(CCOC)c1. The van der Waals surface area contributed by atoms with Crippen LogP contribution in [0.4, 0.5) is 0 Å². The Bertz CT molecular complexity index is 704. The summed E-state index contributed by atoms with van der Waals surface area (Å²) in [5, 5.41) is 7.14. The number of amides is 1. The first-order chi connectivity index (χ1) is 11.9. The number of rotatable bonds is 10. The molecule has 0 bridgehead atoms. The number of nitrogens with one attached hydrogen (secondary N) is 1. The molecule has 0 spiro atoms. The summed E-state index contributed by atoms with van der Waals surface area (Å²) >= 11 is 0. The minimum Gasteiger partial charge on any atom is -0.383 e. The van der Waals surface area contributed by atoms with Gasteiger partial charge in [-0.25, -0.2) is 0 Å². The molecule has 0 saturated carbocycles. The normalized spacial score (nSPS) is 10.9. The van der Waals surface area contributed by atoms with Gasteiger partial charge in [-0.3, -0.25) is 9.48 Å². The zero-order valence-electron chi connectivity index (χ0n) is 15.3. The van der Waals surface area contributed by atoms with Gasteiger partial charge in [0.05, 0.1) is 19.3 Å². The highest BCUT2D eigenvalue weighted by molar-refractivity contribution is 5.88. The Morgan fingerprint density at radius 1 is 1.40 bits per heavy atom. The monoisotopic (exact) mass is 341 g/mol. The maximum absolute atomic E-state index is 11.4. The van der Waals surface area contributed by atoms with E-state index in [1.54, 1.807) is 13.2 Å². The molecule has 0 aliphatic rings. The molecule has 25 heavy (non-hydrogen) atoms. The van der Waals surface area contributed by atoms with Gasteiger partial charge in [0.2, 0.25) is 5.91 Å². The summed E-state index contributed by atoms with van der Waals surface area (Å²) in [4.78, 5) is 11.4. The average Bonchev–Trinajstić information content (AvgIpc) is 3.05. The Hall–Kier alpha value is -2.66. The first kappa shape index (κ1) is 20.4. The van der Waals surface area contributed by atoms with Gasteiger partial charge in [-0.15, -0.1) is 0 Å². The van der Waals surface area contributed by atoms with E-state index < -0.39 is 0 Å². The molecule has 0 aliphatic heterocycles. The van der Waals surface area contributed by atoms with Gasteiger partial charge in [0.15, 0.2) is 0 Å². The summed E-state index contributed by atoms with van der Waals surface area (Å²) in [6, 6.07) is 0. The van der Waals surface area contributed by atoms with E-state index in [2.05, 4.69) is 30.2 Å². The maximum atomic E-state index is 11.4. The summed E-state index contributed by atoms with van der Waals surface area (Å²) in [6.07, 6.45) is 8.69. The molecule has 1 aromatic heterocycles. The van der Waals surface area contributed by atoms with E-state index in [4.69, 9.17) is 4.74 Å². The molecule has 0 saturated heterocycles.